The first-order valence-corrected chi connectivity index (χ1v) is 16.8. The van der Waals surface area contributed by atoms with Crippen LogP contribution in [-0.4, -0.2) is 5.78 Å². The average molecular weight is 651 g/mol. The minimum absolute atomic E-state index is 0.0343. The van der Waals surface area contributed by atoms with E-state index in [0.29, 0.717) is 11.3 Å². The SMILES string of the molecule is Cc1cc2oc3ccccc3c2cc1Oc1cc(-c2ccc3c(c2)C(c2ccccc2)(c2ccccc2)c2ccccc2C3=O)ccc1S. The van der Waals surface area contributed by atoms with E-state index in [9.17, 15) is 4.79 Å². The summed E-state index contributed by atoms with van der Waals surface area (Å²) >= 11 is 4.80. The number of ether oxygens (including phenoxy) is 1. The molecular formula is C45H30O3S. The number of hydrogen-bond donors (Lipinski definition) is 1. The molecule has 8 aromatic rings. The highest BCUT2D eigenvalue weighted by molar-refractivity contribution is 7.80. The lowest BCUT2D eigenvalue weighted by Crippen LogP contribution is -2.38. The topological polar surface area (TPSA) is 39.4 Å². The van der Waals surface area contributed by atoms with Crippen LogP contribution in [0.3, 0.4) is 0 Å². The number of benzene rings is 7. The van der Waals surface area contributed by atoms with Gasteiger partial charge in [0.25, 0.3) is 0 Å². The van der Waals surface area contributed by atoms with Crippen LogP contribution in [0.1, 0.15) is 43.7 Å². The van der Waals surface area contributed by atoms with Crippen molar-refractivity contribution in [3.8, 4) is 22.6 Å². The Morgan fingerprint density at radius 3 is 1.96 bits per heavy atom. The zero-order chi connectivity index (χ0) is 33.1. The number of furan rings is 1. The Kier molecular flexibility index (Phi) is 6.82. The predicted octanol–water partition coefficient (Wildman–Crippen LogP) is 11.6. The summed E-state index contributed by atoms with van der Waals surface area (Å²) in [5, 5.41) is 2.05. The van der Waals surface area contributed by atoms with Crippen molar-refractivity contribution in [2.75, 3.05) is 0 Å². The average Bonchev–Trinajstić information content (AvgIpc) is 3.50. The molecule has 0 radical (unpaired) electrons. The number of hydrogen-bond acceptors (Lipinski definition) is 4. The van der Waals surface area contributed by atoms with Gasteiger partial charge in [0.2, 0.25) is 0 Å². The molecule has 1 aliphatic rings. The van der Waals surface area contributed by atoms with Crippen molar-refractivity contribution in [1.82, 2.24) is 0 Å². The van der Waals surface area contributed by atoms with Crippen LogP contribution in [0, 0.1) is 6.92 Å². The summed E-state index contributed by atoms with van der Waals surface area (Å²) in [6.07, 6.45) is 0. The van der Waals surface area contributed by atoms with Crippen LogP contribution in [-0.2, 0) is 5.41 Å². The summed E-state index contributed by atoms with van der Waals surface area (Å²) in [5.74, 6) is 1.42. The first-order chi connectivity index (χ1) is 24.0. The fraction of sp³-hybridized carbons (Fsp3) is 0.0444. The molecule has 0 saturated heterocycles. The number of fused-ring (bicyclic) bond motifs is 5. The molecule has 1 aliphatic carbocycles. The molecule has 0 aliphatic heterocycles. The van der Waals surface area contributed by atoms with Crippen LogP contribution >= 0.6 is 12.6 Å². The van der Waals surface area contributed by atoms with E-state index in [1.165, 1.54) is 0 Å². The minimum Gasteiger partial charge on any atom is -0.456 e. The van der Waals surface area contributed by atoms with Gasteiger partial charge in [0, 0.05) is 26.8 Å². The Balaban J connectivity index is 1.21. The van der Waals surface area contributed by atoms with Gasteiger partial charge >= 0.3 is 0 Å². The summed E-state index contributed by atoms with van der Waals surface area (Å²) in [4.78, 5) is 14.9. The Hall–Kier alpha value is -5.84. The van der Waals surface area contributed by atoms with Crippen LogP contribution in [0.25, 0.3) is 33.1 Å². The summed E-state index contributed by atoms with van der Waals surface area (Å²) in [7, 11) is 0. The molecule has 4 heteroatoms. The number of ketones is 1. The van der Waals surface area contributed by atoms with Gasteiger partial charge in [-0.2, -0.15) is 0 Å². The molecule has 0 atom stereocenters. The molecule has 1 aromatic heterocycles. The number of carbonyl (C=O) groups excluding carboxylic acids is 1. The van der Waals surface area contributed by atoms with E-state index in [0.717, 1.165) is 77.1 Å². The van der Waals surface area contributed by atoms with Gasteiger partial charge in [-0.15, -0.1) is 12.6 Å². The minimum atomic E-state index is -0.707. The molecule has 0 bridgehead atoms. The highest BCUT2D eigenvalue weighted by Crippen LogP contribution is 2.51. The first kappa shape index (κ1) is 29.3. The molecule has 49 heavy (non-hydrogen) atoms. The maximum atomic E-state index is 14.2. The summed E-state index contributed by atoms with van der Waals surface area (Å²) < 4.78 is 12.7. The highest BCUT2D eigenvalue weighted by atomic mass is 32.1. The predicted molar refractivity (Wildman–Crippen MR) is 199 cm³/mol. The summed E-state index contributed by atoms with van der Waals surface area (Å²) in [6, 6.07) is 53.5. The summed E-state index contributed by atoms with van der Waals surface area (Å²) in [6.45, 7) is 2.02. The quantitative estimate of drug-likeness (QED) is 0.188. The van der Waals surface area contributed by atoms with E-state index in [1.807, 2.05) is 91.9 Å². The molecule has 234 valence electrons. The zero-order valence-electron chi connectivity index (χ0n) is 26.7. The lowest BCUT2D eigenvalue weighted by Gasteiger charge is -2.42. The van der Waals surface area contributed by atoms with E-state index < -0.39 is 5.41 Å². The molecule has 0 fully saturated rings. The third kappa shape index (κ3) is 4.56. The van der Waals surface area contributed by atoms with Gasteiger partial charge in [0.05, 0.1) is 5.41 Å². The molecule has 0 amide bonds. The molecular weight excluding hydrogens is 621 g/mol. The second-order valence-electron chi connectivity index (χ2n) is 12.6. The number of para-hydroxylation sites is 1. The van der Waals surface area contributed by atoms with Gasteiger partial charge in [-0.25, -0.2) is 0 Å². The third-order valence-corrected chi connectivity index (χ3v) is 10.2. The molecule has 9 rings (SSSR count). The van der Waals surface area contributed by atoms with Gasteiger partial charge in [-0.3, -0.25) is 4.79 Å². The van der Waals surface area contributed by atoms with Crippen LogP contribution in [0.4, 0.5) is 0 Å². The monoisotopic (exact) mass is 650 g/mol. The molecule has 0 N–H and O–H groups in total. The van der Waals surface area contributed by atoms with Gasteiger partial charge in [-0.05, 0) is 82.3 Å². The highest BCUT2D eigenvalue weighted by Gasteiger charge is 2.46. The van der Waals surface area contributed by atoms with Crippen molar-refractivity contribution in [2.45, 2.75) is 17.2 Å². The maximum absolute atomic E-state index is 14.2. The van der Waals surface area contributed by atoms with E-state index in [4.69, 9.17) is 21.8 Å². The zero-order valence-corrected chi connectivity index (χ0v) is 27.6. The normalized spacial score (nSPS) is 13.3. The fourth-order valence-electron chi connectivity index (χ4n) is 7.55. The number of carbonyl (C=O) groups is 1. The lowest BCUT2D eigenvalue weighted by atomic mass is 9.59. The van der Waals surface area contributed by atoms with Crippen molar-refractivity contribution in [1.29, 1.82) is 0 Å². The van der Waals surface area contributed by atoms with Gasteiger partial charge in [0.15, 0.2) is 5.78 Å². The van der Waals surface area contributed by atoms with Gasteiger partial charge in [0.1, 0.15) is 22.7 Å². The van der Waals surface area contributed by atoms with Gasteiger partial charge < -0.3 is 9.15 Å². The molecule has 0 spiro atoms. The number of thiol groups is 1. The second kappa shape index (κ2) is 11.4. The van der Waals surface area contributed by atoms with Crippen LogP contribution in [0.2, 0.25) is 0 Å². The molecule has 1 heterocycles. The molecule has 7 aromatic carbocycles. The van der Waals surface area contributed by atoms with Crippen molar-refractivity contribution in [3.63, 3.8) is 0 Å². The maximum Gasteiger partial charge on any atom is 0.193 e. The van der Waals surface area contributed by atoms with Crippen molar-refractivity contribution in [2.24, 2.45) is 0 Å². The Morgan fingerprint density at radius 2 is 1.18 bits per heavy atom. The second-order valence-corrected chi connectivity index (χ2v) is 13.1. The van der Waals surface area contributed by atoms with Crippen LogP contribution < -0.4 is 4.74 Å². The van der Waals surface area contributed by atoms with Crippen molar-refractivity contribution in [3.05, 3.63) is 197 Å². The van der Waals surface area contributed by atoms with E-state index in [1.54, 1.807) is 0 Å². The summed E-state index contributed by atoms with van der Waals surface area (Å²) in [5.41, 5.74) is 9.45. The van der Waals surface area contributed by atoms with Gasteiger partial charge in [-0.1, -0.05) is 121 Å². The first-order valence-electron chi connectivity index (χ1n) is 16.4. The number of aryl methyl sites for hydroxylation is 1. The molecule has 0 unspecified atom stereocenters. The fourth-order valence-corrected chi connectivity index (χ4v) is 7.74. The standard InChI is InChI=1S/C45H30O3S/c1-28-24-41-36(33-16-9-11-19-39(33)47-41)27-40(28)48-42-26-30(21-23-43(42)49)29-20-22-35-38(25-29)45(31-12-4-2-5-13-31,32-14-6-3-7-15-32)37-18-10-8-17-34(37)44(35)46/h2-27,49H,1H3. The van der Waals surface area contributed by atoms with E-state index in [2.05, 4.69) is 72.8 Å². The largest absolute Gasteiger partial charge is 0.456 e. The Bertz CT molecular complexity index is 2530. The van der Waals surface area contributed by atoms with E-state index >= 15 is 0 Å². The van der Waals surface area contributed by atoms with Crippen molar-refractivity contribution >= 4 is 40.4 Å². The number of rotatable bonds is 5. The van der Waals surface area contributed by atoms with Crippen LogP contribution in [0.5, 0.6) is 11.5 Å². The molecule has 0 saturated carbocycles. The van der Waals surface area contributed by atoms with Crippen molar-refractivity contribution < 1.29 is 13.9 Å². The van der Waals surface area contributed by atoms with Crippen LogP contribution in [0.15, 0.2) is 167 Å². The lowest BCUT2D eigenvalue weighted by molar-refractivity contribution is 0.103. The Morgan fingerprint density at radius 1 is 0.551 bits per heavy atom. The molecule has 3 nitrogen and oxygen atoms in total. The smallest absolute Gasteiger partial charge is 0.193 e. The third-order valence-electron chi connectivity index (χ3n) is 9.84. The van der Waals surface area contributed by atoms with E-state index in [-0.39, 0.29) is 5.78 Å². The Labute approximate surface area is 289 Å².